The second kappa shape index (κ2) is 6.88. The maximum absolute atomic E-state index is 8.88. The quantitative estimate of drug-likeness (QED) is 0.704. The third kappa shape index (κ3) is 5.48. The van der Waals surface area contributed by atoms with E-state index in [9.17, 15) is 0 Å². The van der Waals surface area contributed by atoms with Gasteiger partial charge in [0.05, 0.1) is 11.5 Å². The van der Waals surface area contributed by atoms with Crippen LogP contribution in [0.3, 0.4) is 0 Å². The zero-order valence-corrected chi connectivity index (χ0v) is 10.8. The molecule has 92 valence electrons. The maximum Gasteiger partial charge on any atom is 0.0683 e. The Bertz CT molecular complexity index is 224. The average Bonchev–Trinajstić information content (AvgIpc) is 2.30. The highest BCUT2D eigenvalue weighted by atomic mass is 15.5. The molecule has 3 nitrogen and oxygen atoms in total. The molecule has 0 bridgehead atoms. The van der Waals surface area contributed by atoms with Crippen LogP contribution in [0.5, 0.6) is 0 Å². The van der Waals surface area contributed by atoms with Gasteiger partial charge in [-0.3, -0.25) is 5.43 Å². The molecule has 1 fully saturated rings. The van der Waals surface area contributed by atoms with Gasteiger partial charge in [-0.2, -0.15) is 5.26 Å². The van der Waals surface area contributed by atoms with Gasteiger partial charge >= 0.3 is 0 Å². The van der Waals surface area contributed by atoms with E-state index in [1.165, 1.54) is 38.8 Å². The number of nitriles is 1. The van der Waals surface area contributed by atoms with E-state index in [2.05, 4.69) is 16.5 Å². The Labute approximate surface area is 99.8 Å². The number of hydrogen-bond donors (Lipinski definition) is 1. The van der Waals surface area contributed by atoms with Crippen LogP contribution >= 0.6 is 0 Å². The van der Waals surface area contributed by atoms with Gasteiger partial charge in [-0.05, 0) is 39.5 Å². The van der Waals surface area contributed by atoms with E-state index in [1.54, 1.807) is 0 Å². The number of nitrogens with one attached hydrogen (secondary N) is 1. The number of hydrazine groups is 1. The fourth-order valence-corrected chi connectivity index (χ4v) is 2.04. The topological polar surface area (TPSA) is 39.1 Å². The molecule has 1 aliphatic heterocycles. The van der Waals surface area contributed by atoms with Crippen LogP contribution in [0.4, 0.5) is 0 Å². The third-order valence-electron chi connectivity index (χ3n) is 3.22. The van der Waals surface area contributed by atoms with E-state index in [1.807, 2.05) is 13.8 Å². The van der Waals surface area contributed by atoms with E-state index in [-0.39, 0.29) is 5.41 Å². The van der Waals surface area contributed by atoms with Gasteiger partial charge in [0.2, 0.25) is 0 Å². The highest BCUT2D eigenvalue weighted by Crippen LogP contribution is 2.21. The van der Waals surface area contributed by atoms with Crippen molar-refractivity contribution in [2.45, 2.75) is 52.4 Å². The highest BCUT2D eigenvalue weighted by Gasteiger charge is 2.15. The van der Waals surface area contributed by atoms with E-state index >= 15 is 0 Å². The first-order chi connectivity index (χ1) is 7.64. The molecule has 0 aromatic rings. The number of unbranched alkanes of at least 4 members (excludes halogenated alkanes) is 1. The molecule has 1 aliphatic rings. The van der Waals surface area contributed by atoms with Crippen LogP contribution < -0.4 is 5.43 Å². The summed E-state index contributed by atoms with van der Waals surface area (Å²) in [4.78, 5) is 0. The maximum atomic E-state index is 8.88. The molecule has 1 saturated heterocycles. The standard InChI is InChI=1S/C13H25N3/c1-13(2,12-14)8-4-5-9-15-16-10-6-3-7-11-16/h15H,3-11H2,1-2H3. The zero-order chi connectivity index (χ0) is 11.9. The fraction of sp³-hybridized carbons (Fsp3) is 0.923. The van der Waals surface area contributed by atoms with Gasteiger partial charge < -0.3 is 0 Å². The van der Waals surface area contributed by atoms with Crippen molar-refractivity contribution in [2.24, 2.45) is 5.41 Å². The van der Waals surface area contributed by atoms with Gasteiger partial charge in [-0.1, -0.05) is 12.8 Å². The van der Waals surface area contributed by atoms with Crippen molar-refractivity contribution in [2.75, 3.05) is 19.6 Å². The minimum atomic E-state index is -0.148. The summed E-state index contributed by atoms with van der Waals surface area (Å²) in [7, 11) is 0. The minimum absolute atomic E-state index is 0.148. The van der Waals surface area contributed by atoms with Crippen LogP contribution in [0, 0.1) is 16.7 Å². The molecule has 0 aromatic heterocycles. The summed E-state index contributed by atoms with van der Waals surface area (Å²) < 4.78 is 0. The molecule has 0 radical (unpaired) electrons. The summed E-state index contributed by atoms with van der Waals surface area (Å²) in [6.07, 6.45) is 7.35. The molecule has 0 unspecified atom stereocenters. The van der Waals surface area contributed by atoms with Crippen molar-refractivity contribution >= 4 is 0 Å². The van der Waals surface area contributed by atoms with Crippen LogP contribution in [-0.2, 0) is 0 Å². The van der Waals surface area contributed by atoms with E-state index < -0.39 is 0 Å². The lowest BCUT2D eigenvalue weighted by Crippen LogP contribution is -2.42. The Balaban J connectivity index is 1.97. The van der Waals surface area contributed by atoms with Gasteiger partial charge in [0.25, 0.3) is 0 Å². The van der Waals surface area contributed by atoms with Crippen LogP contribution in [0.25, 0.3) is 0 Å². The van der Waals surface area contributed by atoms with Crippen LogP contribution in [0.15, 0.2) is 0 Å². The van der Waals surface area contributed by atoms with Crippen molar-refractivity contribution in [1.29, 1.82) is 5.26 Å². The summed E-state index contributed by atoms with van der Waals surface area (Å²) >= 11 is 0. The normalized spacial score (nSPS) is 18.3. The van der Waals surface area contributed by atoms with Crippen molar-refractivity contribution < 1.29 is 0 Å². The Morgan fingerprint density at radius 1 is 1.19 bits per heavy atom. The molecule has 0 atom stereocenters. The van der Waals surface area contributed by atoms with Crippen molar-refractivity contribution in [1.82, 2.24) is 10.4 Å². The van der Waals surface area contributed by atoms with Gasteiger partial charge in [0, 0.05) is 19.6 Å². The SMILES string of the molecule is CC(C)(C#N)CCCCNN1CCCCC1. The first kappa shape index (κ1) is 13.5. The smallest absolute Gasteiger partial charge is 0.0683 e. The Kier molecular flexibility index (Phi) is 5.79. The second-order valence-corrected chi connectivity index (χ2v) is 5.41. The Morgan fingerprint density at radius 2 is 1.88 bits per heavy atom. The monoisotopic (exact) mass is 223 g/mol. The van der Waals surface area contributed by atoms with E-state index in [4.69, 9.17) is 5.26 Å². The lowest BCUT2D eigenvalue weighted by atomic mass is 9.89. The van der Waals surface area contributed by atoms with Crippen molar-refractivity contribution in [3.05, 3.63) is 0 Å². The molecule has 0 aliphatic carbocycles. The number of nitrogens with zero attached hydrogens (tertiary/aromatic N) is 2. The second-order valence-electron chi connectivity index (χ2n) is 5.41. The van der Waals surface area contributed by atoms with Gasteiger partial charge in [0.15, 0.2) is 0 Å². The number of piperidine rings is 1. The Morgan fingerprint density at radius 3 is 2.50 bits per heavy atom. The van der Waals surface area contributed by atoms with Crippen molar-refractivity contribution in [3.63, 3.8) is 0 Å². The van der Waals surface area contributed by atoms with Crippen molar-refractivity contribution in [3.8, 4) is 6.07 Å². The molecule has 0 spiro atoms. The van der Waals surface area contributed by atoms with Crippen LogP contribution in [0.2, 0.25) is 0 Å². The molecule has 16 heavy (non-hydrogen) atoms. The first-order valence-corrected chi connectivity index (χ1v) is 6.54. The molecular formula is C13H25N3. The van der Waals surface area contributed by atoms with Gasteiger partial charge in [-0.25, -0.2) is 5.01 Å². The molecule has 1 rings (SSSR count). The molecule has 1 heterocycles. The lowest BCUT2D eigenvalue weighted by molar-refractivity contribution is 0.153. The molecule has 0 aromatic carbocycles. The fourth-order valence-electron chi connectivity index (χ4n) is 2.04. The molecule has 1 N–H and O–H groups in total. The summed E-state index contributed by atoms with van der Waals surface area (Å²) in [5.74, 6) is 0. The summed E-state index contributed by atoms with van der Waals surface area (Å²) in [5.41, 5.74) is 3.33. The average molecular weight is 223 g/mol. The lowest BCUT2D eigenvalue weighted by Gasteiger charge is -2.27. The number of rotatable bonds is 6. The van der Waals surface area contributed by atoms with Gasteiger partial charge in [0.1, 0.15) is 0 Å². The first-order valence-electron chi connectivity index (χ1n) is 6.54. The van der Waals surface area contributed by atoms with Gasteiger partial charge in [-0.15, -0.1) is 0 Å². The van der Waals surface area contributed by atoms with Crippen LogP contribution in [0.1, 0.15) is 52.4 Å². The molecule has 0 saturated carbocycles. The zero-order valence-electron chi connectivity index (χ0n) is 10.8. The predicted molar refractivity (Wildman–Crippen MR) is 66.7 cm³/mol. The third-order valence-corrected chi connectivity index (χ3v) is 3.22. The van der Waals surface area contributed by atoms with Crippen LogP contribution in [-0.4, -0.2) is 24.6 Å². The molecular weight excluding hydrogens is 198 g/mol. The van der Waals surface area contributed by atoms with E-state index in [0.29, 0.717) is 0 Å². The Hall–Kier alpha value is -0.590. The largest absolute Gasteiger partial charge is 0.255 e. The number of hydrogen-bond acceptors (Lipinski definition) is 3. The summed E-state index contributed by atoms with van der Waals surface area (Å²) in [5, 5.41) is 11.2. The van der Waals surface area contributed by atoms with E-state index in [0.717, 1.165) is 19.4 Å². The highest BCUT2D eigenvalue weighted by molar-refractivity contribution is 4.91. The predicted octanol–water partition coefficient (Wildman–Crippen LogP) is 2.70. The minimum Gasteiger partial charge on any atom is -0.255 e. The summed E-state index contributed by atoms with van der Waals surface area (Å²) in [6, 6.07) is 2.35. The summed E-state index contributed by atoms with van der Waals surface area (Å²) in [6.45, 7) is 7.49. The molecule has 3 heteroatoms. The molecule has 0 amide bonds.